The fraction of sp³-hybridized carbons (Fsp3) is 0.714. The molecular weight excluding hydrogens is 100 g/mol. The van der Waals surface area contributed by atoms with Gasteiger partial charge in [0.25, 0.3) is 0 Å². The third-order valence-corrected chi connectivity index (χ3v) is 0.846. The standard InChI is InChI=1S/C7H13O/c1-6(2)4-7(3)5-8/h4,6H,5H2,1-3H3. The van der Waals surface area contributed by atoms with E-state index in [1.807, 2.05) is 13.0 Å². The molecule has 0 aromatic carbocycles. The molecule has 0 rings (SSSR count). The Morgan fingerprint density at radius 2 is 2.12 bits per heavy atom. The molecule has 8 heavy (non-hydrogen) atoms. The molecule has 0 aromatic rings. The van der Waals surface area contributed by atoms with Crippen LogP contribution in [0.3, 0.4) is 0 Å². The molecule has 0 bridgehead atoms. The van der Waals surface area contributed by atoms with Crippen molar-refractivity contribution in [1.82, 2.24) is 0 Å². The normalized spacial score (nSPS) is 12.9. The topological polar surface area (TPSA) is 19.9 Å². The fourth-order valence-electron chi connectivity index (χ4n) is 0.617. The molecule has 47 valence electrons. The summed E-state index contributed by atoms with van der Waals surface area (Å²) in [7, 11) is 0. The van der Waals surface area contributed by atoms with E-state index >= 15 is 0 Å². The van der Waals surface area contributed by atoms with Gasteiger partial charge in [0.1, 0.15) is 6.61 Å². The lowest BCUT2D eigenvalue weighted by Gasteiger charge is -1.95. The molecule has 0 aliphatic rings. The number of hydrogen-bond acceptors (Lipinski definition) is 0. The third kappa shape index (κ3) is 3.88. The smallest absolute Gasteiger partial charge is 0.103 e. The summed E-state index contributed by atoms with van der Waals surface area (Å²) >= 11 is 0. The Balaban J connectivity index is 3.56. The second-order valence-electron chi connectivity index (χ2n) is 2.40. The van der Waals surface area contributed by atoms with Gasteiger partial charge in [-0.05, 0) is 18.4 Å². The molecule has 1 nitrogen and oxygen atoms in total. The van der Waals surface area contributed by atoms with E-state index in [1.165, 1.54) is 0 Å². The summed E-state index contributed by atoms with van der Waals surface area (Å²) in [6, 6.07) is 0. The van der Waals surface area contributed by atoms with Crippen molar-refractivity contribution in [2.24, 2.45) is 5.92 Å². The predicted molar refractivity (Wildman–Crippen MR) is 34.1 cm³/mol. The van der Waals surface area contributed by atoms with Crippen LogP contribution in [0, 0.1) is 5.92 Å². The molecule has 0 saturated heterocycles. The largest absolute Gasteiger partial charge is 0.232 e. The van der Waals surface area contributed by atoms with Crippen molar-refractivity contribution in [2.45, 2.75) is 20.8 Å². The van der Waals surface area contributed by atoms with Crippen LogP contribution in [0.1, 0.15) is 20.8 Å². The Labute approximate surface area is 51.0 Å². The molecule has 0 aromatic heterocycles. The van der Waals surface area contributed by atoms with Crippen molar-refractivity contribution in [2.75, 3.05) is 6.61 Å². The molecule has 0 amide bonds. The van der Waals surface area contributed by atoms with E-state index in [9.17, 15) is 5.11 Å². The van der Waals surface area contributed by atoms with Gasteiger partial charge in [-0.15, -0.1) is 0 Å². The zero-order valence-corrected chi connectivity index (χ0v) is 5.77. The van der Waals surface area contributed by atoms with Crippen LogP contribution in [0.5, 0.6) is 0 Å². The van der Waals surface area contributed by atoms with Gasteiger partial charge < -0.3 is 0 Å². The van der Waals surface area contributed by atoms with Crippen molar-refractivity contribution < 1.29 is 5.11 Å². The first-order valence-electron chi connectivity index (χ1n) is 2.92. The van der Waals surface area contributed by atoms with E-state index in [-0.39, 0.29) is 6.61 Å². The molecule has 0 atom stereocenters. The highest BCUT2D eigenvalue weighted by Crippen LogP contribution is 1.99. The molecule has 0 aliphatic carbocycles. The quantitative estimate of drug-likeness (QED) is 0.488. The molecule has 0 saturated carbocycles. The highest BCUT2D eigenvalue weighted by molar-refractivity contribution is 4.98. The van der Waals surface area contributed by atoms with Gasteiger partial charge in [-0.2, -0.15) is 0 Å². The van der Waals surface area contributed by atoms with Crippen molar-refractivity contribution in [1.29, 1.82) is 0 Å². The van der Waals surface area contributed by atoms with Crippen molar-refractivity contribution >= 4 is 0 Å². The first kappa shape index (κ1) is 7.70. The number of rotatable bonds is 2. The Kier molecular flexibility index (Phi) is 3.53. The third-order valence-electron chi connectivity index (χ3n) is 0.846. The second-order valence-corrected chi connectivity index (χ2v) is 2.40. The minimum Gasteiger partial charge on any atom is -0.232 e. The fourth-order valence-corrected chi connectivity index (χ4v) is 0.617. The molecule has 0 unspecified atom stereocenters. The van der Waals surface area contributed by atoms with Crippen LogP contribution in [0.4, 0.5) is 0 Å². The lowest BCUT2D eigenvalue weighted by Crippen LogP contribution is -1.86. The monoisotopic (exact) mass is 113 g/mol. The summed E-state index contributed by atoms with van der Waals surface area (Å²) in [5, 5.41) is 10.1. The van der Waals surface area contributed by atoms with Crippen molar-refractivity contribution in [3.8, 4) is 0 Å². The van der Waals surface area contributed by atoms with E-state index in [2.05, 4.69) is 13.8 Å². The summed E-state index contributed by atoms with van der Waals surface area (Å²) in [5.41, 5.74) is 0.944. The average molecular weight is 113 g/mol. The van der Waals surface area contributed by atoms with Crippen LogP contribution in [-0.2, 0) is 5.11 Å². The van der Waals surface area contributed by atoms with Gasteiger partial charge in [0.2, 0.25) is 0 Å². The predicted octanol–water partition coefficient (Wildman–Crippen LogP) is 2.02. The molecule has 0 heterocycles. The minimum atomic E-state index is -0.0574. The van der Waals surface area contributed by atoms with Crippen LogP contribution < -0.4 is 0 Å². The number of allylic oxidation sites excluding steroid dienone is 1. The van der Waals surface area contributed by atoms with Crippen LogP contribution in [0.15, 0.2) is 11.6 Å². The van der Waals surface area contributed by atoms with Gasteiger partial charge in [-0.25, -0.2) is 5.11 Å². The number of hydrogen-bond donors (Lipinski definition) is 0. The van der Waals surface area contributed by atoms with Crippen LogP contribution in [0.25, 0.3) is 0 Å². The highest BCUT2D eigenvalue weighted by atomic mass is 16.3. The van der Waals surface area contributed by atoms with Crippen molar-refractivity contribution in [3.63, 3.8) is 0 Å². The van der Waals surface area contributed by atoms with Gasteiger partial charge >= 0.3 is 0 Å². The zero-order chi connectivity index (χ0) is 6.57. The molecule has 0 fully saturated rings. The Bertz CT molecular complexity index is 82.4. The SMILES string of the molecule is CC(=CC(C)C)C[O]. The maximum Gasteiger partial charge on any atom is 0.103 e. The average Bonchev–Trinajstić information content (AvgIpc) is 1.65. The Morgan fingerprint density at radius 1 is 1.62 bits per heavy atom. The highest BCUT2D eigenvalue weighted by Gasteiger charge is 1.88. The maximum absolute atomic E-state index is 10.1. The Hall–Kier alpha value is -0.300. The lowest BCUT2D eigenvalue weighted by atomic mass is 10.1. The van der Waals surface area contributed by atoms with E-state index in [4.69, 9.17) is 0 Å². The van der Waals surface area contributed by atoms with E-state index in [0.29, 0.717) is 5.92 Å². The van der Waals surface area contributed by atoms with Crippen molar-refractivity contribution in [3.05, 3.63) is 11.6 Å². The van der Waals surface area contributed by atoms with E-state index < -0.39 is 0 Å². The summed E-state index contributed by atoms with van der Waals surface area (Å²) in [6.07, 6.45) is 1.99. The van der Waals surface area contributed by atoms with Crippen LogP contribution >= 0.6 is 0 Å². The Morgan fingerprint density at radius 3 is 2.25 bits per heavy atom. The summed E-state index contributed by atoms with van der Waals surface area (Å²) in [4.78, 5) is 0. The van der Waals surface area contributed by atoms with Gasteiger partial charge in [0.15, 0.2) is 0 Å². The second kappa shape index (κ2) is 3.67. The van der Waals surface area contributed by atoms with Gasteiger partial charge in [0, 0.05) is 0 Å². The maximum atomic E-state index is 10.1. The summed E-state index contributed by atoms with van der Waals surface area (Å²) < 4.78 is 0. The first-order chi connectivity index (χ1) is 3.66. The molecule has 1 radical (unpaired) electrons. The minimum absolute atomic E-state index is 0.0574. The van der Waals surface area contributed by atoms with E-state index in [0.717, 1.165) is 5.57 Å². The summed E-state index contributed by atoms with van der Waals surface area (Å²) in [5.74, 6) is 0.518. The molecular formula is C7H13O. The first-order valence-corrected chi connectivity index (χ1v) is 2.92. The van der Waals surface area contributed by atoms with Gasteiger partial charge in [-0.1, -0.05) is 19.9 Å². The molecule has 0 spiro atoms. The lowest BCUT2D eigenvalue weighted by molar-refractivity contribution is 0.222. The van der Waals surface area contributed by atoms with Crippen LogP contribution in [-0.4, -0.2) is 6.61 Å². The van der Waals surface area contributed by atoms with Gasteiger partial charge in [0.05, 0.1) is 0 Å². The molecule has 1 heteroatoms. The summed E-state index contributed by atoms with van der Waals surface area (Å²) in [6.45, 7) is 5.95. The van der Waals surface area contributed by atoms with Gasteiger partial charge in [-0.3, -0.25) is 0 Å². The van der Waals surface area contributed by atoms with Crippen LogP contribution in [0.2, 0.25) is 0 Å². The molecule has 0 aliphatic heterocycles. The van der Waals surface area contributed by atoms with E-state index in [1.54, 1.807) is 0 Å². The zero-order valence-electron chi connectivity index (χ0n) is 5.77. The molecule has 0 N–H and O–H groups in total.